The zero-order valence-electron chi connectivity index (χ0n) is 14.0. The van der Waals surface area contributed by atoms with Crippen molar-refractivity contribution < 1.29 is 4.52 Å². The molecule has 0 unspecified atom stereocenters. The van der Waals surface area contributed by atoms with Crippen LogP contribution in [0.4, 0.5) is 10.8 Å². The Morgan fingerprint density at radius 3 is 2.54 bits per heavy atom. The molecule has 0 amide bonds. The standard InChI is InChI=1S/C17H20N4OS2/c1-4-12-7-6-8-13(5-2)15(12)18-16-19-20-17(24-16)23-10-14-9-11(3)21-22-14/h6-9H,4-5,10H2,1-3H3,(H,18,19). The van der Waals surface area contributed by atoms with Crippen LogP contribution in [0.15, 0.2) is 33.1 Å². The summed E-state index contributed by atoms with van der Waals surface area (Å²) < 4.78 is 6.13. The van der Waals surface area contributed by atoms with E-state index in [1.165, 1.54) is 16.8 Å². The number of nitrogens with zero attached hydrogens (tertiary/aromatic N) is 3. The van der Waals surface area contributed by atoms with E-state index in [1.807, 2.05) is 13.0 Å². The summed E-state index contributed by atoms with van der Waals surface area (Å²) in [6, 6.07) is 8.37. The smallest absolute Gasteiger partial charge is 0.210 e. The lowest BCUT2D eigenvalue weighted by Crippen LogP contribution is -1.99. The molecule has 5 nitrogen and oxygen atoms in total. The average Bonchev–Trinajstić information content (AvgIpc) is 3.22. The van der Waals surface area contributed by atoms with Crippen LogP contribution < -0.4 is 5.32 Å². The minimum Gasteiger partial charge on any atom is -0.360 e. The van der Waals surface area contributed by atoms with Crippen LogP contribution >= 0.6 is 23.1 Å². The van der Waals surface area contributed by atoms with Gasteiger partial charge in [-0.15, -0.1) is 10.2 Å². The maximum atomic E-state index is 5.22. The minimum absolute atomic E-state index is 0.710. The molecule has 3 aromatic rings. The summed E-state index contributed by atoms with van der Waals surface area (Å²) in [5.41, 5.74) is 4.67. The third-order valence-electron chi connectivity index (χ3n) is 3.65. The summed E-state index contributed by atoms with van der Waals surface area (Å²) in [7, 11) is 0. The van der Waals surface area contributed by atoms with Crippen molar-refractivity contribution in [2.45, 2.75) is 43.7 Å². The maximum absolute atomic E-state index is 5.22. The molecule has 2 aromatic heterocycles. The molecule has 0 atom stereocenters. The summed E-state index contributed by atoms with van der Waals surface area (Å²) in [6.45, 7) is 6.25. The van der Waals surface area contributed by atoms with E-state index in [4.69, 9.17) is 4.52 Å². The molecule has 7 heteroatoms. The molecule has 0 saturated heterocycles. The van der Waals surface area contributed by atoms with Crippen molar-refractivity contribution in [3.63, 3.8) is 0 Å². The van der Waals surface area contributed by atoms with Crippen LogP contribution in [-0.4, -0.2) is 15.4 Å². The Bertz CT molecular complexity index is 790. The van der Waals surface area contributed by atoms with E-state index in [2.05, 4.69) is 52.7 Å². The van der Waals surface area contributed by atoms with Gasteiger partial charge in [0.25, 0.3) is 0 Å². The summed E-state index contributed by atoms with van der Waals surface area (Å²) in [5, 5.41) is 16.7. The average molecular weight is 361 g/mol. The van der Waals surface area contributed by atoms with Crippen molar-refractivity contribution in [3.8, 4) is 0 Å². The first kappa shape index (κ1) is 17.0. The fraction of sp³-hybridized carbons (Fsp3) is 0.353. The van der Waals surface area contributed by atoms with Crippen LogP contribution in [0, 0.1) is 6.92 Å². The number of benzene rings is 1. The van der Waals surface area contributed by atoms with Crippen molar-refractivity contribution in [1.29, 1.82) is 0 Å². The Morgan fingerprint density at radius 2 is 1.92 bits per heavy atom. The van der Waals surface area contributed by atoms with Gasteiger partial charge in [-0.1, -0.05) is 60.3 Å². The fourth-order valence-electron chi connectivity index (χ4n) is 2.45. The van der Waals surface area contributed by atoms with Crippen LogP contribution in [0.5, 0.6) is 0 Å². The highest BCUT2D eigenvalue weighted by Gasteiger charge is 2.11. The first-order chi connectivity index (χ1) is 11.7. The molecular weight excluding hydrogens is 340 g/mol. The quantitative estimate of drug-likeness (QED) is 0.599. The number of aryl methyl sites for hydroxylation is 3. The van der Waals surface area contributed by atoms with Crippen LogP contribution in [-0.2, 0) is 18.6 Å². The van der Waals surface area contributed by atoms with Gasteiger partial charge in [-0.3, -0.25) is 0 Å². The predicted molar refractivity (Wildman–Crippen MR) is 99.2 cm³/mol. The van der Waals surface area contributed by atoms with E-state index < -0.39 is 0 Å². The number of hydrogen-bond acceptors (Lipinski definition) is 7. The minimum atomic E-state index is 0.710. The number of rotatable bonds is 7. The van der Waals surface area contributed by atoms with Crippen LogP contribution in [0.3, 0.4) is 0 Å². The summed E-state index contributed by atoms with van der Waals surface area (Å²) >= 11 is 3.17. The SMILES string of the molecule is CCc1cccc(CC)c1Nc1nnc(SCc2cc(C)no2)s1. The van der Waals surface area contributed by atoms with E-state index in [1.54, 1.807) is 23.1 Å². The lowest BCUT2D eigenvalue weighted by Gasteiger charge is -2.13. The zero-order valence-corrected chi connectivity index (χ0v) is 15.6. The number of para-hydroxylation sites is 1. The molecule has 3 rings (SSSR count). The number of anilines is 2. The molecule has 2 heterocycles. The predicted octanol–water partition coefficient (Wildman–Crippen LogP) is 5.00. The third kappa shape index (κ3) is 3.96. The first-order valence-corrected chi connectivity index (χ1v) is 9.76. The Labute approximate surface area is 149 Å². The molecular formula is C17H20N4OS2. The first-order valence-electron chi connectivity index (χ1n) is 7.95. The number of nitrogens with one attached hydrogen (secondary N) is 1. The Kier molecular flexibility index (Phi) is 5.52. The van der Waals surface area contributed by atoms with Crippen LogP contribution in [0.2, 0.25) is 0 Å². The van der Waals surface area contributed by atoms with Gasteiger partial charge in [0.15, 0.2) is 4.34 Å². The second-order valence-corrected chi connectivity index (χ2v) is 7.58. The van der Waals surface area contributed by atoms with Gasteiger partial charge in [-0.25, -0.2) is 0 Å². The normalized spacial score (nSPS) is 11.0. The highest BCUT2D eigenvalue weighted by molar-refractivity contribution is 8.00. The molecule has 0 aliphatic carbocycles. The number of aromatic nitrogens is 3. The van der Waals surface area contributed by atoms with Gasteiger partial charge in [0.1, 0.15) is 5.76 Å². The van der Waals surface area contributed by atoms with Crippen LogP contribution in [0.1, 0.15) is 36.4 Å². The number of thioether (sulfide) groups is 1. The van der Waals surface area contributed by atoms with Crippen molar-refractivity contribution in [2.24, 2.45) is 0 Å². The molecule has 126 valence electrons. The van der Waals surface area contributed by atoms with Crippen molar-refractivity contribution in [2.75, 3.05) is 5.32 Å². The molecule has 1 N–H and O–H groups in total. The molecule has 0 aliphatic rings. The van der Waals surface area contributed by atoms with Gasteiger partial charge in [0.05, 0.1) is 11.4 Å². The van der Waals surface area contributed by atoms with Gasteiger partial charge in [-0.05, 0) is 30.9 Å². The van der Waals surface area contributed by atoms with E-state index in [-0.39, 0.29) is 0 Å². The third-order valence-corrected chi connectivity index (χ3v) is 5.65. The van der Waals surface area contributed by atoms with E-state index >= 15 is 0 Å². The molecule has 1 aromatic carbocycles. The molecule has 0 bridgehead atoms. The van der Waals surface area contributed by atoms with Crippen molar-refractivity contribution in [1.82, 2.24) is 15.4 Å². The Balaban J connectivity index is 1.70. The van der Waals surface area contributed by atoms with Crippen molar-refractivity contribution in [3.05, 3.63) is 46.8 Å². The summed E-state index contributed by atoms with van der Waals surface area (Å²) in [6.07, 6.45) is 1.98. The fourth-order valence-corrected chi connectivity index (χ4v) is 4.08. The largest absolute Gasteiger partial charge is 0.360 e. The molecule has 0 radical (unpaired) electrons. The monoisotopic (exact) mass is 360 g/mol. The molecule has 0 spiro atoms. The maximum Gasteiger partial charge on any atom is 0.210 e. The van der Waals surface area contributed by atoms with Crippen molar-refractivity contribution >= 4 is 33.9 Å². The Morgan fingerprint density at radius 1 is 1.17 bits per heavy atom. The zero-order chi connectivity index (χ0) is 16.9. The van der Waals surface area contributed by atoms with E-state index in [9.17, 15) is 0 Å². The molecule has 24 heavy (non-hydrogen) atoms. The highest BCUT2D eigenvalue weighted by atomic mass is 32.2. The number of hydrogen-bond donors (Lipinski definition) is 1. The molecule has 0 saturated carbocycles. The summed E-state index contributed by atoms with van der Waals surface area (Å²) in [4.78, 5) is 0. The van der Waals surface area contributed by atoms with Gasteiger partial charge < -0.3 is 9.84 Å². The highest BCUT2D eigenvalue weighted by Crippen LogP contribution is 2.32. The van der Waals surface area contributed by atoms with Gasteiger partial charge in [0, 0.05) is 11.8 Å². The van der Waals surface area contributed by atoms with Gasteiger partial charge in [0.2, 0.25) is 5.13 Å². The second-order valence-electron chi connectivity index (χ2n) is 5.38. The lowest BCUT2D eigenvalue weighted by atomic mass is 10.0. The van der Waals surface area contributed by atoms with E-state index in [0.717, 1.165) is 33.8 Å². The Hall–Kier alpha value is -1.86. The molecule has 0 fully saturated rings. The van der Waals surface area contributed by atoms with Crippen LogP contribution in [0.25, 0.3) is 0 Å². The van der Waals surface area contributed by atoms with Gasteiger partial charge in [-0.2, -0.15) is 0 Å². The lowest BCUT2D eigenvalue weighted by molar-refractivity contribution is 0.391. The van der Waals surface area contributed by atoms with Gasteiger partial charge >= 0.3 is 0 Å². The second kappa shape index (κ2) is 7.81. The summed E-state index contributed by atoms with van der Waals surface area (Å²) in [5.74, 6) is 1.56. The topological polar surface area (TPSA) is 63.8 Å². The molecule has 0 aliphatic heterocycles. The van der Waals surface area contributed by atoms with E-state index in [0.29, 0.717) is 5.75 Å².